The average Bonchev–Trinajstić information content (AvgIpc) is 2.42. The third kappa shape index (κ3) is 3.45. The van der Waals surface area contributed by atoms with Crippen LogP contribution in [0.1, 0.15) is 47.6 Å². The lowest BCUT2D eigenvalue weighted by Gasteiger charge is -2.19. The Labute approximate surface area is 115 Å². The molecular formula is C18H22O. The van der Waals surface area contributed by atoms with Crippen LogP contribution in [0.4, 0.5) is 0 Å². The standard InChI is InChI=1S/C18H22O/c1-13-9-10-14(2)17(11-13)18(19)12-15(3)16-7-5-4-6-8-16/h4-11,15,18-19H,12H2,1-3H3. The zero-order chi connectivity index (χ0) is 13.8. The maximum absolute atomic E-state index is 10.5. The zero-order valence-electron chi connectivity index (χ0n) is 11.9. The molecule has 2 aromatic carbocycles. The smallest absolute Gasteiger partial charge is 0.0798 e. The molecule has 0 saturated heterocycles. The lowest BCUT2D eigenvalue weighted by Crippen LogP contribution is -2.05. The lowest BCUT2D eigenvalue weighted by atomic mass is 9.90. The Kier molecular flexibility index (Phi) is 4.39. The van der Waals surface area contributed by atoms with Gasteiger partial charge in [-0.3, -0.25) is 0 Å². The largest absolute Gasteiger partial charge is 0.388 e. The monoisotopic (exact) mass is 254 g/mol. The molecule has 0 aliphatic carbocycles. The van der Waals surface area contributed by atoms with E-state index in [0.717, 1.165) is 12.0 Å². The van der Waals surface area contributed by atoms with Crippen LogP contribution in [0, 0.1) is 13.8 Å². The van der Waals surface area contributed by atoms with Crippen molar-refractivity contribution in [2.45, 2.75) is 39.2 Å². The van der Waals surface area contributed by atoms with E-state index < -0.39 is 6.10 Å². The number of aryl methyl sites for hydroxylation is 2. The first-order chi connectivity index (χ1) is 9.08. The normalized spacial score (nSPS) is 14.1. The molecule has 2 aromatic rings. The summed E-state index contributed by atoms with van der Waals surface area (Å²) >= 11 is 0. The Morgan fingerprint density at radius 3 is 2.37 bits per heavy atom. The number of aliphatic hydroxyl groups excluding tert-OH is 1. The molecule has 2 unspecified atom stereocenters. The number of rotatable bonds is 4. The highest BCUT2D eigenvalue weighted by atomic mass is 16.3. The second-order valence-electron chi connectivity index (χ2n) is 5.42. The van der Waals surface area contributed by atoms with Crippen LogP contribution in [0.3, 0.4) is 0 Å². The zero-order valence-corrected chi connectivity index (χ0v) is 11.9. The minimum atomic E-state index is -0.393. The Balaban J connectivity index is 2.13. The van der Waals surface area contributed by atoms with Gasteiger partial charge in [-0.1, -0.05) is 61.0 Å². The number of hydrogen-bond acceptors (Lipinski definition) is 1. The lowest BCUT2D eigenvalue weighted by molar-refractivity contribution is 0.159. The van der Waals surface area contributed by atoms with Crippen LogP contribution in [0.2, 0.25) is 0 Å². The molecule has 1 nitrogen and oxygen atoms in total. The maximum Gasteiger partial charge on any atom is 0.0798 e. The van der Waals surface area contributed by atoms with Crippen molar-refractivity contribution < 1.29 is 5.11 Å². The summed E-state index contributed by atoms with van der Waals surface area (Å²) in [5.74, 6) is 0.358. The van der Waals surface area contributed by atoms with E-state index in [1.54, 1.807) is 0 Å². The van der Waals surface area contributed by atoms with Crippen molar-refractivity contribution in [3.05, 3.63) is 70.8 Å². The van der Waals surface area contributed by atoms with Gasteiger partial charge in [-0.2, -0.15) is 0 Å². The summed E-state index contributed by atoms with van der Waals surface area (Å²) in [4.78, 5) is 0. The SMILES string of the molecule is Cc1ccc(C)c(C(O)CC(C)c2ccccc2)c1. The predicted octanol–water partition coefficient (Wildman–Crippen LogP) is 4.53. The van der Waals surface area contributed by atoms with Gasteiger partial charge in [-0.15, -0.1) is 0 Å². The fourth-order valence-corrected chi connectivity index (χ4v) is 2.50. The van der Waals surface area contributed by atoms with Gasteiger partial charge in [0.1, 0.15) is 0 Å². The molecule has 0 bridgehead atoms. The molecule has 0 spiro atoms. The minimum absolute atomic E-state index is 0.358. The summed E-state index contributed by atoms with van der Waals surface area (Å²) in [6, 6.07) is 16.6. The molecule has 0 amide bonds. The summed E-state index contributed by atoms with van der Waals surface area (Å²) in [6.07, 6.45) is 0.365. The highest BCUT2D eigenvalue weighted by Gasteiger charge is 2.15. The summed E-state index contributed by atoms with van der Waals surface area (Å²) in [7, 11) is 0. The fraction of sp³-hybridized carbons (Fsp3) is 0.333. The molecule has 0 aliphatic rings. The van der Waals surface area contributed by atoms with Gasteiger partial charge in [0.15, 0.2) is 0 Å². The molecule has 0 aromatic heterocycles. The topological polar surface area (TPSA) is 20.2 Å². The first-order valence-corrected chi connectivity index (χ1v) is 6.88. The highest BCUT2D eigenvalue weighted by Crippen LogP contribution is 2.29. The van der Waals surface area contributed by atoms with Crippen molar-refractivity contribution in [2.24, 2.45) is 0 Å². The Hall–Kier alpha value is -1.60. The minimum Gasteiger partial charge on any atom is -0.388 e. The first kappa shape index (κ1) is 13.8. The molecule has 0 saturated carbocycles. The van der Waals surface area contributed by atoms with Crippen molar-refractivity contribution in [3.63, 3.8) is 0 Å². The number of benzene rings is 2. The molecule has 2 rings (SSSR count). The van der Waals surface area contributed by atoms with E-state index in [0.29, 0.717) is 5.92 Å². The quantitative estimate of drug-likeness (QED) is 0.849. The molecule has 1 N–H and O–H groups in total. The molecule has 1 heteroatoms. The van der Waals surface area contributed by atoms with Crippen molar-refractivity contribution in [2.75, 3.05) is 0 Å². The van der Waals surface area contributed by atoms with Crippen LogP contribution in [0.15, 0.2) is 48.5 Å². The molecule has 100 valence electrons. The molecular weight excluding hydrogens is 232 g/mol. The molecule has 19 heavy (non-hydrogen) atoms. The third-order valence-corrected chi connectivity index (χ3v) is 3.74. The predicted molar refractivity (Wildman–Crippen MR) is 80.3 cm³/mol. The molecule has 0 radical (unpaired) electrons. The Morgan fingerprint density at radius 1 is 1.00 bits per heavy atom. The third-order valence-electron chi connectivity index (χ3n) is 3.74. The van der Waals surface area contributed by atoms with E-state index in [1.807, 2.05) is 6.07 Å². The first-order valence-electron chi connectivity index (χ1n) is 6.88. The average molecular weight is 254 g/mol. The van der Waals surface area contributed by atoms with Gasteiger partial charge in [0.05, 0.1) is 6.10 Å². The number of aliphatic hydroxyl groups is 1. The van der Waals surface area contributed by atoms with Crippen LogP contribution in [-0.4, -0.2) is 5.11 Å². The van der Waals surface area contributed by atoms with Crippen LogP contribution >= 0.6 is 0 Å². The van der Waals surface area contributed by atoms with Gasteiger partial charge in [-0.25, -0.2) is 0 Å². The van der Waals surface area contributed by atoms with Crippen LogP contribution in [0.5, 0.6) is 0 Å². The highest BCUT2D eigenvalue weighted by molar-refractivity contribution is 5.32. The van der Waals surface area contributed by atoms with Gasteiger partial charge in [0.25, 0.3) is 0 Å². The van der Waals surface area contributed by atoms with E-state index >= 15 is 0 Å². The molecule has 0 fully saturated rings. The Morgan fingerprint density at radius 2 is 1.68 bits per heavy atom. The van der Waals surface area contributed by atoms with Crippen LogP contribution in [0.25, 0.3) is 0 Å². The second kappa shape index (κ2) is 6.03. The summed E-state index contributed by atoms with van der Waals surface area (Å²) in [6.45, 7) is 6.30. The van der Waals surface area contributed by atoms with Crippen molar-refractivity contribution in [1.82, 2.24) is 0 Å². The summed E-state index contributed by atoms with van der Waals surface area (Å²) < 4.78 is 0. The van der Waals surface area contributed by atoms with Gasteiger partial charge >= 0.3 is 0 Å². The van der Waals surface area contributed by atoms with Crippen LogP contribution in [-0.2, 0) is 0 Å². The van der Waals surface area contributed by atoms with Crippen LogP contribution < -0.4 is 0 Å². The van der Waals surface area contributed by atoms with Gasteiger partial charge in [0.2, 0.25) is 0 Å². The number of hydrogen-bond donors (Lipinski definition) is 1. The second-order valence-corrected chi connectivity index (χ2v) is 5.42. The molecule has 0 aliphatic heterocycles. The summed E-state index contributed by atoms with van der Waals surface area (Å²) in [5, 5.41) is 10.5. The van der Waals surface area contributed by atoms with E-state index in [4.69, 9.17) is 0 Å². The van der Waals surface area contributed by atoms with Gasteiger partial charge in [-0.05, 0) is 42.9 Å². The Bertz CT molecular complexity index is 531. The van der Waals surface area contributed by atoms with Gasteiger partial charge < -0.3 is 5.11 Å². The van der Waals surface area contributed by atoms with Gasteiger partial charge in [0, 0.05) is 0 Å². The molecule has 0 heterocycles. The van der Waals surface area contributed by atoms with E-state index in [-0.39, 0.29) is 0 Å². The van der Waals surface area contributed by atoms with Crippen molar-refractivity contribution in [1.29, 1.82) is 0 Å². The van der Waals surface area contributed by atoms with Crippen molar-refractivity contribution >= 4 is 0 Å². The molecule has 2 atom stereocenters. The fourth-order valence-electron chi connectivity index (χ4n) is 2.50. The summed E-state index contributed by atoms with van der Waals surface area (Å²) in [5.41, 5.74) is 4.71. The van der Waals surface area contributed by atoms with Crippen molar-refractivity contribution in [3.8, 4) is 0 Å². The maximum atomic E-state index is 10.5. The van der Waals surface area contributed by atoms with E-state index in [9.17, 15) is 5.11 Å². The van der Waals surface area contributed by atoms with E-state index in [2.05, 4.69) is 63.2 Å². The van der Waals surface area contributed by atoms with E-state index in [1.165, 1.54) is 16.7 Å².